The maximum atomic E-state index is 12.8. The fourth-order valence-electron chi connectivity index (χ4n) is 7.41. The zero-order valence-corrected chi connectivity index (χ0v) is 37.3. The molecule has 1 rings (SSSR count). The van der Waals surface area contributed by atoms with Gasteiger partial charge < -0.3 is 39.9 Å². The van der Waals surface area contributed by atoms with Gasteiger partial charge in [-0.2, -0.15) is 0 Å². The summed E-state index contributed by atoms with van der Waals surface area (Å²) >= 11 is 0. The molecule has 0 saturated heterocycles. The quantitative estimate of drug-likeness (QED) is 0.0194. The number of phosphoric ester groups is 1. The van der Waals surface area contributed by atoms with Gasteiger partial charge >= 0.3 is 19.8 Å². The van der Waals surface area contributed by atoms with Crippen molar-refractivity contribution in [3.05, 3.63) is 0 Å². The molecule has 0 bridgehead atoms. The van der Waals surface area contributed by atoms with Gasteiger partial charge in [0, 0.05) is 12.8 Å². The first-order valence-electron chi connectivity index (χ1n) is 23.3. The number of aliphatic hydroxyl groups excluding tert-OH is 5. The van der Waals surface area contributed by atoms with E-state index in [9.17, 15) is 44.6 Å². The van der Waals surface area contributed by atoms with Crippen molar-refractivity contribution in [2.24, 2.45) is 0 Å². The second-order valence-corrected chi connectivity index (χ2v) is 18.0. The van der Waals surface area contributed by atoms with Crippen molar-refractivity contribution >= 4 is 19.8 Å². The number of rotatable bonds is 39. The summed E-state index contributed by atoms with van der Waals surface area (Å²) in [7, 11) is -5.11. The molecule has 13 nitrogen and oxygen atoms in total. The van der Waals surface area contributed by atoms with E-state index in [2.05, 4.69) is 13.8 Å². The van der Waals surface area contributed by atoms with Crippen LogP contribution in [0, 0.1) is 0 Å². The van der Waals surface area contributed by atoms with E-state index in [1.54, 1.807) is 0 Å². The number of carbonyl (C=O) groups excluding carboxylic acids is 2. The molecule has 1 aliphatic rings. The van der Waals surface area contributed by atoms with Crippen LogP contribution in [0.2, 0.25) is 0 Å². The normalized spacial score (nSPS) is 22.4. The summed E-state index contributed by atoms with van der Waals surface area (Å²) in [4.78, 5) is 35.6. The van der Waals surface area contributed by atoms with E-state index < -0.39 is 75.7 Å². The zero-order chi connectivity index (χ0) is 42.9. The maximum absolute atomic E-state index is 12.8. The molecule has 14 heteroatoms. The molecule has 0 aromatic rings. The van der Waals surface area contributed by atoms with Crippen LogP contribution in [0.15, 0.2) is 0 Å². The highest BCUT2D eigenvalue weighted by atomic mass is 31.2. The lowest BCUT2D eigenvalue weighted by Gasteiger charge is -2.41. The van der Waals surface area contributed by atoms with Gasteiger partial charge in [-0.3, -0.25) is 18.6 Å². The Bertz CT molecular complexity index is 1030. The lowest BCUT2D eigenvalue weighted by molar-refractivity contribution is -0.220. The van der Waals surface area contributed by atoms with Crippen molar-refractivity contribution in [2.75, 3.05) is 13.2 Å². The van der Waals surface area contributed by atoms with Crippen molar-refractivity contribution < 1.29 is 63.1 Å². The Hall–Kier alpha value is -1.15. The van der Waals surface area contributed by atoms with E-state index in [1.807, 2.05) is 0 Å². The Morgan fingerprint density at radius 2 is 0.776 bits per heavy atom. The fraction of sp³-hybridized carbons (Fsp3) is 0.955. The van der Waals surface area contributed by atoms with Crippen LogP contribution in [0.4, 0.5) is 0 Å². The molecule has 1 aliphatic carbocycles. The molecule has 1 saturated carbocycles. The van der Waals surface area contributed by atoms with Gasteiger partial charge in [0.2, 0.25) is 0 Å². The first kappa shape index (κ1) is 54.9. The predicted octanol–water partition coefficient (Wildman–Crippen LogP) is 8.89. The van der Waals surface area contributed by atoms with E-state index in [4.69, 9.17) is 18.5 Å². The second-order valence-electron chi connectivity index (χ2n) is 16.6. The number of hydrogen-bond acceptors (Lipinski definition) is 12. The molecule has 58 heavy (non-hydrogen) atoms. The molecule has 6 N–H and O–H groups in total. The summed E-state index contributed by atoms with van der Waals surface area (Å²) in [5, 5.41) is 50.1. The number of hydrogen-bond donors (Lipinski definition) is 6. The van der Waals surface area contributed by atoms with Gasteiger partial charge in [0.1, 0.15) is 43.2 Å². The number of ether oxygens (including phenoxy) is 2. The first-order chi connectivity index (χ1) is 27.9. The van der Waals surface area contributed by atoms with Gasteiger partial charge in [-0.1, -0.05) is 187 Å². The number of aliphatic hydroxyl groups is 5. The van der Waals surface area contributed by atoms with Gasteiger partial charge in [-0.25, -0.2) is 4.57 Å². The number of unbranched alkanes of at least 4 members (excludes halogenated alkanes) is 27. The van der Waals surface area contributed by atoms with Crippen LogP contribution in [0.25, 0.3) is 0 Å². The molecule has 1 fully saturated rings. The Labute approximate surface area is 351 Å². The molecule has 344 valence electrons. The summed E-state index contributed by atoms with van der Waals surface area (Å²) in [6, 6.07) is 0. The van der Waals surface area contributed by atoms with Crippen LogP contribution in [0.3, 0.4) is 0 Å². The molecule has 0 amide bonds. The average Bonchev–Trinajstić information content (AvgIpc) is 3.20. The molecule has 0 heterocycles. The minimum absolute atomic E-state index is 0.105. The molecular formula is C44H85O13P. The maximum Gasteiger partial charge on any atom is 0.472 e. The molecule has 0 aromatic carbocycles. The van der Waals surface area contributed by atoms with Crippen molar-refractivity contribution in [3.63, 3.8) is 0 Å². The molecule has 6 unspecified atom stereocenters. The minimum Gasteiger partial charge on any atom is -0.462 e. The van der Waals surface area contributed by atoms with Crippen molar-refractivity contribution in [1.29, 1.82) is 0 Å². The summed E-state index contributed by atoms with van der Waals surface area (Å²) in [6.45, 7) is 3.31. The van der Waals surface area contributed by atoms with Gasteiger partial charge in [-0.05, 0) is 12.8 Å². The third-order valence-electron chi connectivity index (χ3n) is 11.2. The fourth-order valence-corrected chi connectivity index (χ4v) is 8.38. The van der Waals surface area contributed by atoms with E-state index in [-0.39, 0.29) is 12.8 Å². The lowest BCUT2D eigenvalue weighted by Crippen LogP contribution is -2.64. The number of carbonyl (C=O) groups is 2. The molecular weight excluding hydrogens is 767 g/mol. The van der Waals surface area contributed by atoms with Crippen LogP contribution < -0.4 is 0 Å². The summed E-state index contributed by atoms with van der Waals surface area (Å²) < 4.78 is 33.5. The van der Waals surface area contributed by atoms with Crippen LogP contribution in [-0.4, -0.2) is 98.3 Å². The van der Waals surface area contributed by atoms with Crippen LogP contribution >= 0.6 is 7.82 Å². The topological polar surface area (TPSA) is 210 Å². The van der Waals surface area contributed by atoms with E-state index in [0.29, 0.717) is 12.8 Å². The van der Waals surface area contributed by atoms with Gasteiger partial charge in [-0.15, -0.1) is 0 Å². The summed E-state index contributed by atoms with van der Waals surface area (Å²) in [6.07, 6.45) is 21.6. The van der Waals surface area contributed by atoms with E-state index >= 15 is 0 Å². The molecule has 0 aliphatic heterocycles. The Balaban J connectivity index is 2.42. The van der Waals surface area contributed by atoms with Crippen LogP contribution in [-0.2, 0) is 32.7 Å². The summed E-state index contributed by atoms with van der Waals surface area (Å²) in [5.41, 5.74) is 0. The third kappa shape index (κ3) is 27.6. The monoisotopic (exact) mass is 853 g/mol. The Kier molecular flexibility index (Phi) is 33.5. The molecule has 6 atom stereocenters. The number of esters is 2. The smallest absolute Gasteiger partial charge is 0.462 e. The zero-order valence-electron chi connectivity index (χ0n) is 36.4. The van der Waals surface area contributed by atoms with Gasteiger partial charge in [0.15, 0.2) is 6.10 Å². The molecule has 0 radical (unpaired) electrons. The standard InChI is InChI=1S/C44H85O13P/c1-3-5-7-9-11-13-15-16-17-18-19-20-21-23-25-27-29-31-33-38(46)56-36(34-54-37(45)32-30-28-26-24-22-14-12-10-8-6-4-2)35-55-58(52,53)57-44-42(50)40(48)39(47)41(49)43(44)51/h36,39-44,47-51H,3-35H2,1-2H3,(H,52,53). The third-order valence-corrected chi connectivity index (χ3v) is 12.2. The Morgan fingerprint density at radius 1 is 0.466 bits per heavy atom. The van der Waals surface area contributed by atoms with Crippen molar-refractivity contribution in [2.45, 2.75) is 256 Å². The minimum atomic E-state index is -5.11. The van der Waals surface area contributed by atoms with Gasteiger partial charge in [0.05, 0.1) is 6.61 Å². The van der Waals surface area contributed by atoms with E-state index in [1.165, 1.54) is 135 Å². The first-order valence-corrected chi connectivity index (χ1v) is 24.8. The summed E-state index contributed by atoms with van der Waals surface area (Å²) in [5.74, 6) is -1.09. The molecule has 0 aromatic heterocycles. The Morgan fingerprint density at radius 3 is 1.14 bits per heavy atom. The molecule has 0 spiro atoms. The average molecular weight is 853 g/mol. The highest BCUT2D eigenvalue weighted by Gasteiger charge is 2.51. The second kappa shape index (κ2) is 35.4. The van der Waals surface area contributed by atoms with Crippen LogP contribution in [0.5, 0.6) is 0 Å². The van der Waals surface area contributed by atoms with Crippen LogP contribution in [0.1, 0.15) is 213 Å². The van der Waals surface area contributed by atoms with Gasteiger partial charge in [0.25, 0.3) is 0 Å². The SMILES string of the molecule is CCCCCCCCCCCCCCCCCCCCC(=O)OC(COC(=O)CCCCCCCCCCCCC)COP(=O)(O)OC1C(O)C(O)C(O)C(O)C1O. The highest BCUT2D eigenvalue weighted by Crippen LogP contribution is 2.47. The van der Waals surface area contributed by atoms with Crippen molar-refractivity contribution in [1.82, 2.24) is 0 Å². The predicted molar refractivity (Wildman–Crippen MR) is 226 cm³/mol. The number of phosphoric acid groups is 1. The van der Waals surface area contributed by atoms with Crippen molar-refractivity contribution in [3.8, 4) is 0 Å². The lowest BCUT2D eigenvalue weighted by atomic mass is 9.85. The van der Waals surface area contributed by atoms with E-state index in [0.717, 1.165) is 38.5 Å². The highest BCUT2D eigenvalue weighted by molar-refractivity contribution is 7.47. The largest absolute Gasteiger partial charge is 0.472 e.